The average molecular weight is 316 g/mol. The van der Waals surface area contributed by atoms with Crippen LogP contribution < -0.4 is 10.7 Å². The van der Waals surface area contributed by atoms with Gasteiger partial charge in [-0.1, -0.05) is 13.8 Å². The number of carbonyl (C=O) groups is 1. The predicted molar refractivity (Wildman–Crippen MR) is 92.1 cm³/mol. The molecule has 0 aliphatic rings. The summed E-state index contributed by atoms with van der Waals surface area (Å²) >= 11 is 0. The Morgan fingerprint density at radius 1 is 1.13 bits per heavy atom. The van der Waals surface area contributed by atoms with Crippen molar-refractivity contribution in [3.05, 3.63) is 45.3 Å². The quantitative estimate of drug-likeness (QED) is 0.889. The Morgan fingerprint density at radius 3 is 2.43 bits per heavy atom. The summed E-state index contributed by atoms with van der Waals surface area (Å²) in [5, 5.41) is 3.31. The van der Waals surface area contributed by atoms with Crippen LogP contribution >= 0.6 is 0 Å². The lowest BCUT2D eigenvalue weighted by Crippen LogP contribution is -2.35. The van der Waals surface area contributed by atoms with Crippen molar-refractivity contribution in [3.8, 4) is 0 Å². The van der Waals surface area contributed by atoms with Crippen molar-refractivity contribution in [2.24, 2.45) is 0 Å². The molecule has 2 aromatic rings. The van der Waals surface area contributed by atoms with E-state index in [1.54, 1.807) is 12.1 Å². The SMILES string of the molecule is CCN(CC)CCNC(=O)c1cc(=O)c2cc(C)c(C)cc2o1. The van der Waals surface area contributed by atoms with E-state index in [4.69, 9.17) is 4.42 Å². The molecule has 1 amide bonds. The molecule has 5 heteroatoms. The fraction of sp³-hybridized carbons (Fsp3) is 0.444. The van der Waals surface area contributed by atoms with E-state index in [1.807, 2.05) is 13.8 Å². The highest BCUT2D eigenvalue weighted by Crippen LogP contribution is 2.17. The molecule has 1 aromatic heterocycles. The van der Waals surface area contributed by atoms with Crippen LogP contribution in [0.3, 0.4) is 0 Å². The van der Waals surface area contributed by atoms with E-state index in [-0.39, 0.29) is 17.1 Å². The Balaban J connectivity index is 2.18. The summed E-state index contributed by atoms with van der Waals surface area (Å²) in [6.07, 6.45) is 0. The lowest BCUT2D eigenvalue weighted by atomic mass is 10.1. The summed E-state index contributed by atoms with van der Waals surface area (Å²) in [6, 6.07) is 4.88. The maximum Gasteiger partial charge on any atom is 0.287 e. The van der Waals surface area contributed by atoms with Gasteiger partial charge in [0.05, 0.1) is 5.39 Å². The molecule has 124 valence electrons. The van der Waals surface area contributed by atoms with Crippen molar-refractivity contribution < 1.29 is 9.21 Å². The average Bonchev–Trinajstić information content (AvgIpc) is 2.53. The lowest BCUT2D eigenvalue weighted by Gasteiger charge is -2.17. The van der Waals surface area contributed by atoms with Gasteiger partial charge in [0.2, 0.25) is 0 Å². The maximum absolute atomic E-state index is 12.2. The van der Waals surface area contributed by atoms with Crippen molar-refractivity contribution in [1.29, 1.82) is 0 Å². The van der Waals surface area contributed by atoms with Gasteiger partial charge in [0.25, 0.3) is 5.91 Å². The molecule has 0 spiro atoms. The van der Waals surface area contributed by atoms with Gasteiger partial charge in [-0.2, -0.15) is 0 Å². The number of nitrogens with one attached hydrogen (secondary N) is 1. The van der Waals surface area contributed by atoms with Crippen LogP contribution in [0.25, 0.3) is 11.0 Å². The monoisotopic (exact) mass is 316 g/mol. The van der Waals surface area contributed by atoms with Crippen molar-refractivity contribution in [3.63, 3.8) is 0 Å². The molecule has 0 bridgehead atoms. The number of hydrogen-bond donors (Lipinski definition) is 1. The first-order valence-corrected chi connectivity index (χ1v) is 8.01. The standard InChI is InChI=1S/C18H24N2O3/c1-5-20(6-2)8-7-19-18(22)17-11-15(21)14-9-12(3)13(4)10-16(14)23-17/h9-11H,5-8H2,1-4H3,(H,19,22). The first kappa shape index (κ1) is 17.2. The van der Waals surface area contributed by atoms with E-state index in [0.29, 0.717) is 17.5 Å². The normalized spacial score (nSPS) is 11.2. The van der Waals surface area contributed by atoms with E-state index >= 15 is 0 Å². The highest BCUT2D eigenvalue weighted by atomic mass is 16.3. The minimum absolute atomic E-state index is 0.0605. The molecule has 0 aliphatic carbocycles. The zero-order chi connectivity index (χ0) is 17.0. The number of benzene rings is 1. The van der Waals surface area contributed by atoms with Gasteiger partial charge in [0.1, 0.15) is 5.58 Å². The molecular formula is C18H24N2O3. The zero-order valence-electron chi connectivity index (χ0n) is 14.2. The van der Waals surface area contributed by atoms with Crippen LogP contribution in [0.1, 0.15) is 35.5 Å². The van der Waals surface area contributed by atoms with Crippen molar-refractivity contribution in [1.82, 2.24) is 10.2 Å². The predicted octanol–water partition coefficient (Wildman–Crippen LogP) is 2.48. The zero-order valence-corrected chi connectivity index (χ0v) is 14.2. The number of hydrogen-bond acceptors (Lipinski definition) is 4. The highest BCUT2D eigenvalue weighted by molar-refractivity contribution is 5.93. The van der Waals surface area contributed by atoms with Crippen LogP contribution in [0.4, 0.5) is 0 Å². The van der Waals surface area contributed by atoms with Gasteiger partial charge in [-0.25, -0.2) is 0 Å². The second-order valence-corrected chi connectivity index (χ2v) is 5.69. The minimum Gasteiger partial charge on any atom is -0.451 e. The van der Waals surface area contributed by atoms with Crippen molar-refractivity contribution in [2.75, 3.05) is 26.2 Å². The van der Waals surface area contributed by atoms with Crippen LogP contribution in [-0.4, -0.2) is 37.0 Å². The minimum atomic E-state index is -0.352. The molecule has 0 atom stereocenters. The summed E-state index contributed by atoms with van der Waals surface area (Å²) in [5.74, 6) is -0.292. The summed E-state index contributed by atoms with van der Waals surface area (Å²) in [4.78, 5) is 26.6. The van der Waals surface area contributed by atoms with Crippen LogP contribution in [0.2, 0.25) is 0 Å². The van der Waals surface area contributed by atoms with Gasteiger partial charge in [0, 0.05) is 19.2 Å². The van der Waals surface area contributed by atoms with Gasteiger partial charge in [0.15, 0.2) is 11.2 Å². The Kier molecular flexibility index (Phi) is 5.55. The van der Waals surface area contributed by atoms with Crippen LogP contribution in [0.15, 0.2) is 27.4 Å². The van der Waals surface area contributed by atoms with Gasteiger partial charge in [-0.05, 0) is 50.2 Å². The molecule has 0 aliphatic heterocycles. The molecule has 1 heterocycles. The number of nitrogens with zero attached hydrogens (tertiary/aromatic N) is 1. The lowest BCUT2D eigenvalue weighted by molar-refractivity contribution is 0.0921. The number of fused-ring (bicyclic) bond motifs is 1. The highest BCUT2D eigenvalue weighted by Gasteiger charge is 2.13. The van der Waals surface area contributed by atoms with Crippen molar-refractivity contribution >= 4 is 16.9 Å². The molecule has 23 heavy (non-hydrogen) atoms. The second kappa shape index (κ2) is 7.42. The smallest absolute Gasteiger partial charge is 0.287 e. The van der Waals surface area contributed by atoms with Crippen LogP contribution in [-0.2, 0) is 0 Å². The molecule has 1 N–H and O–H groups in total. The van der Waals surface area contributed by atoms with E-state index < -0.39 is 0 Å². The van der Waals surface area contributed by atoms with Gasteiger partial charge >= 0.3 is 0 Å². The Labute approximate surface area is 136 Å². The topological polar surface area (TPSA) is 62.6 Å². The summed E-state index contributed by atoms with van der Waals surface area (Å²) in [5.41, 5.74) is 2.32. The third-order valence-electron chi connectivity index (χ3n) is 4.18. The van der Waals surface area contributed by atoms with Gasteiger partial charge < -0.3 is 14.6 Å². The number of carbonyl (C=O) groups excluding carboxylic acids is 1. The van der Waals surface area contributed by atoms with E-state index in [0.717, 1.165) is 30.8 Å². The summed E-state index contributed by atoms with van der Waals surface area (Å²) < 4.78 is 5.62. The van der Waals surface area contributed by atoms with E-state index in [2.05, 4.69) is 24.1 Å². The van der Waals surface area contributed by atoms with Gasteiger partial charge in [-0.15, -0.1) is 0 Å². The summed E-state index contributed by atoms with van der Waals surface area (Å²) in [7, 11) is 0. The number of likely N-dealkylation sites (N-methyl/N-ethyl adjacent to an activating group) is 1. The molecule has 0 saturated carbocycles. The maximum atomic E-state index is 12.2. The Morgan fingerprint density at radius 2 is 1.78 bits per heavy atom. The Bertz CT molecular complexity index is 761. The number of aryl methyl sites for hydroxylation is 2. The second-order valence-electron chi connectivity index (χ2n) is 5.69. The molecule has 0 saturated heterocycles. The molecule has 1 aromatic carbocycles. The van der Waals surface area contributed by atoms with E-state index in [9.17, 15) is 9.59 Å². The fourth-order valence-corrected chi connectivity index (χ4v) is 2.48. The van der Waals surface area contributed by atoms with Gasteiger partial charge in [-0.3, -0.25) is 9.59 Å². The van der Waals surface area contributed by atoms with Crippen molar-refractivity contribution in [2.45, 2.75) is 27.7 Å². The summed E-state index contributed by atoms with van der Waals surface area (Å²) in [6.45, 7) is 11.2. The molecule has 0 unspecified atom stereocenters. The fourth-order valence-electron chi connectivity index (χ4n) is 2.48. The molecular weight excluding hydrogens is 292 g/mol. The molecule has 0 radical (unpaired) electrons. The number of rotatable bonds is 6. The molecule has 5 nitrogen and oxygen atoms in total. The largest absolute Gasteiger partial charge is 0.451 e. The molecule has 0 fully saturated rings. The number of amides is 1. The Hall–Kier alpha value is -2.14. The van der Waals surface area contributed by atoms with Crippen LogP contribution in [0, 0.1) is 13.8 Å². The van der Waals surface area contributed by atoms with E-state index in [1.165, 1.54) is 6.07 Å². The van der Waals surface area contributed by atoms with Crippen LogP contribution in [0.5, 0.6) is 0 Å². The third-order valence-corrected chi connectivity index (χ3v) is 4.18. The molecule has 2 rings (SSSR count). The first-order chi connectivity index (χ1) is 11.0. The first-order valence-electron chi connectivity index (χ1n) is 8.01. The third kappa shape index (κ3) is 3.99.